The van der Waals surface area contributed by atoms with Crippen LogP contribution in [0, 0.1) is 11.6 Å². The predicted octanol–water partition coefficient (Wildman–Crippen LogP) is 4.41. The molecule has 5 rings (SSSR count). The summed E-state index contributed by atoms with van der Waals surface area (Å²) in [4.78, 5) is 16.7. The number of ether oxygens (including phenoxy) is 1. The number of carbonyl (C=O) groups is 1. The van der Waals surface area contributed by atoms with Gasteiger partial charge in [-0.15, -0.1) is 11.3 Å². The number of benzene rings is 2. The molecule has 0 unspecified atom stereocenters. The first kappa shape index (κ1) is 20.1. The third-order valence-corrected chi connectivity index (χ3v) is 5.89. The summed E-state index contributed by atoms with van der Waals surface area (Å²) in [5.74, 6) is -1.11. The van der Waals surface area contributed by atoms with Gasteiger partial charge in [-0.2, -0.15) is 5.10 Å². The molecule has 2 aromatic carbocycles. The van der Waals surface area contributed by atoms with Crippen molar-refractivity contribution in [3.8, 4) is 5.75 Å². The summed E-state index contributed by atoms with van der Waals surface area (Å²) in [5.41, 5.74) is 5.23. The molecule has 0 aliphatic carbocycles. The second-order valence-corrected chi connectivity index (χ2v) is 8.06. The second-order valence-electron chi connectivity index (χ2n) is 7.17. The number of amides is 1. The molecule has 32 heavy (non-hydrogen) atoms. The van der Waals surface area contributed by atoms with Gasteiger partial charge in [0.1, 0.15) is 34.7 Å². The van der Waals surface area contributed by atoms with E-state index < -0.39 is 11.6 Å². The molecule has 4 aromatic rings. The molecular formula is C23H16F2N4O2S. The van der Waals surface area contributed by atoms with E-state index in [0.29, 0.717) is 22.0 Å². The van der Waals surface area contributed by atoms with Crippen molar-refractivity contribution in [1.29, 1.82) is 0 Å². The fraction of sp³-hybridized carbons (Fsp3) is 0.0870. The molecule has 1 aliphatic heterocycles. The largest absolute Gasteiger partial charge is 0.488 e. The molecule has 160 valence electrons. The molecular weight excluding hydrogens is 434 g/mol. The fourth-order valence-corrected chi connectivity index (χ4v) is 4.24. The van der Waals surface area contributed by atoms with Crippen molar-refractivity contribution < 1.29 is 18.3 Å². The number of hydrogen-bond acceptors (Lipinski definition) is 5. The molecule has 1 N–H and O–H groups in total. The van der Waals surface area contributed by atoms with Crippen LogP contribution in [0.1, 0.15) is 16.1 Å². The minimum Gasteiger partial charge on any atom is -0.488 e. The van der Waals surface area contributed by atoms with Crippen molar-refractivity contribution in [2.24, 2.45) is 12.1 Å². The van der Waals surface area contributed by atoms with Gasteiger partial charge in [-0.05, 0) is 30.3 Å². The summed E-state index contributed by atoms with van der Waals surface area (Å²) in [6.07, 6.45) is 5.28. The molecule has 0 radical (unpaired) electrons. The Morgan fingerprint density at radius 2 is 2.12 bits per heavy atom. The number of nitrogens with zero attached hydrogens (tertiary/aromatic N) is 3. The van der Waals surface area contributed by atoms with Crippen molar-refractivity contribution in [3.63, 3.8) is 0 Å². The maximum Gasteiger partial charge on any atom is 0.273 e. The Labute approximate surface area is 185 Å². The number of hydrogen-bond donors (Lipinski definition) is 1. The SMILES string of the molecule is Cn1cc(/C=C2\C(=O)NN=C2c2nccs2)c2c(OCc3ccc(F)cc3F)cccc21. The van der Waals surface area contributed by atoms with Gasteiger partial charge >= 0.3 is 0 Å². The molecule has 0 bridgehead atoms. The maximum absolute atomic E-state index is 14.0. The van der Waals surface area contributed by atoms with Crippen LogP contribution < -0.4 is 10.2 Å². The second kappa shape index (κ2) is 8.01. The van der Waals surface area contributed by atoms with Gasteiger partial charge in [-0.3, -0.25) is 4.79 Å². The van der Waals surface area contributed by atoms with Crippen LogP contribution in [0.3, 0.4) is 0 Å². The van der Waals surface area contributed by atoms with Gasteiger partial charge in [0.25, 0.3) is 5.91 Å². The first-order valence-electron chi connectivity index (χ1n) is 9.66. The molecule has 2 aromatic heterocycles. The van der Waals surface area contributed by atoms with Gasteiger partial charge in [0, 0.05) is 47.4 Å². The van der Waals surface area contributed by atoms with Gasteiger partial charge in [0.2, 0.25) is 0 Å². The van der Waals surface area contributed by atoms with Crippen LogP contribution in [-0.2, 0) is 18.4 Å². The number of thiazole rings is 1. The number of aryl methyl sites for hydroxylation is 1. The minimum atomic E-state index is -0.667. The van der Waals surface area contributed by atoms with Gasteiger partial charge in [0.15, 0.2) is 0 Å². The number of rotatable bonds is 5. The molecule has 0 spiro atoms. The van der Waals surface area contributed by atoms with E-state index in [1.54, 1.807) is 18.3 Å². The lowest BCUT2D eigenvalue weighted by Gasteiger charge is -2.10. The summed E-state index contributed by atoms with van der Waals surface area (Å²) in [7, 11) is 1.89. The van der Waals surface area contributed by atoms with Crippen LogP contribution in [0.5, 0.6) is 5.75 Å². The lowest BCUT2D eigenvalue weighted by atomic mass is 10.1. The highest BCUT2D eigenvalue weighted by Gasteiger charge is 2.26. The zero-order chi connectivity index (χ0) is 22.2. The van der Waals surface area contributed by atoms with E-state index in [1.807, 2.05) is 35.3 Å². The van der Waals surface area contributed by atoms with Crippen LogP contribution in [0.15, 0.2) is 64.8 Å². The van der Waals surface area contributed by atoms with Gasteiger partial charge in [-0.25, -0.2) is 19.2 Å². The summed E-state index contributed by atoms with van der Waals surface area (Å²) >= 11 is 1.39. The molecule has 3 heterocycles. The van der Waals surface area contributed by atoms with Gasteiger partial charge in [0.05, 0.1) is 11.1 Å². The van der Waals surface area contributed by atoms with Gasteiger partial charge < -0.3 is 9.30 Å². The third-order valence-electron chi connectivity index (χ3n) is 5.11. The molecule has 9 heteroatoms. The Morgan fingerprint density at radius 3 is 2.91 bits per heavy atom. The van der Waals surface area contributed by atoms with Crippen LogP contribution in [0.2, 0.25) is 0 Å². The minimum absolute atomic E-state index is 0.0670. The normalized spacial score (nSPS) is 14.8. The standard InChI is InChI=1S/C23H16F2N4O2S/c1-29-11-14(9-16-21(27-28-22(16)30)23-26-7-8-32-23)20-18(29)3-2-4-19(20)31-12-13-5-6-15(24)10-17(13)25/h2-11H,12H2,1H3,(H,28,30)/b16-9-. The lowest BCUT2D eigenvalue weighted by Crippen LogP contribution is -2.13. The lowest BCUT2D eigenvalue weighted by molar-refractivity contribution is -0.116. The number of carbonyl (C=O) groups excluding carboxylic acids is 1. The van der Waals surface area contributed by atoms with E-state index in [1.165, 1.54) is 23.5 Å². The topological polar surface area (TPSA) is 68.5 Å². The molecule has 0 saturated heterocycles. The zero-order valence-electron chi connectivity index (χ0n) is 16.8. The van der Waals surface area contributed by atoms with E-state index in [-0.39, 0.29) is 18.1 Å². The Kier molecular flexibility index (Phi) is 5.02. The monoisotopic (exact) mass is 450 g/mol. The zero-order valence-corrected chi connectivity index (χ0v) is 17.6. The van der Waals surface area contributed by atoms with E-state index in [0.717, 1.165) is 22.5 Å². The first-order valence-corrected chi connectivity index (χ1v) is 10.5. The molecule has 1 aliphatic rings. The highest BCUT2D eigenvalue weighted by molar-refractivity contribution is 7.12. The van der Waals surface area contributed by atoms with Gasteiger partial charge in [-0.1, -0.05) is 6.07 Å². The van der Waals surface area contributed by atoms with Crippen molar-refractivity contribution >= 4 is 39.9 Å². The molecule has 1 amide bonds. The number of fused-ring (bicyclic) bond motifs is 1. The number of aromatic nitrogens is 2. The Hall–Kier alpha value is -3.85. The van der Waals surface area contributed by atoms with Crippen molar-refractivity contribution in [3.05, 3.63) is 87.5 Å². The summed E-state index contributed by atoms with van der Waals surface area (Å²) in [6, 6.07) is 8.91. The number of halogens is 2. The molecule has 0 atom stereocenters. The summed E-state index contributed by atoms with van der Waals surface area (Å²) in [5, 5.41) is 7.35. The average molecular weight is 450 g/mol. The quantitative estimate of drug-likeness (QED) is 0.458. The smallest absolute Gasteiger partial charge is 0.273 e. The summed E-state index contributed by atoms with van der Waals surface area (Å²) < 4.78 is 35.1. The molecule has 6 nitrogen and oxygen atoms in total. The van der Waals surface area contributed by atoms with Crippen LogP contribution in [0.25, 0.3) is 17.0 Å². The number of nitrogens with one attached hydrogen (secondary N) is 1. The van der Waals surface area contributed by atoms with Crippen LogP contribution in [0.4, 0.5) is 8.78 Å². The van der Waals surface area contributed by atoms with Crippen LogP contribution >= 0.6 is 11.3 Å². The summed E-state index contributed by atoms with van der Waals surface area (Å²) in [6.45, 7) is -0.0670. The van der Waals surface area contributed by atoms with E-state index in [9.17, 15) is 13.6 Å². The van der Waals surface area contributed by atoms with E-state index in [2.05, 4.69) is 15.5 Å². The highest BCUT2D eigenvalue weighted by atomic mass is 32.1. The van der Waals surface area contributed by atoms with Crippen molar-refractivity contribution in [2.75, 3.05) is 0 Å². The van der Waals surface area contributed by atoms with E-state index >= 15 is 0 Å². The first-order chi connectivity index (χ1) is 15.5. The highest BCUT2D eigenvalue weighted by Crippen LogP contribution is 2.33. The number of hydrazone groups is 1. The Balaban J connectivity index is 1.55. The van der Waals surface area contributed by atoms with Crippen molar-refractivity contribution in [1.82, 2.24) is 15.0 Å². The molecule has 0 saturated carbocycles. The average Bonchev–Trinajstić information content (AvgIpc) is 3.49. The Bertz CT molecular complexity index is 1410. The Morgan fingerprint density at radius 1 is 1.25 bits per heavy atom. The fourth-order valence-electron chi connectivity index (χ4n) is 3.60. The third kappa shape index (κ3) is 3.56. The van der Waals surface area contributed by atoms with E-state index in [4.69, 9.17) is 4.74 Å². The van der Waals surface area contributed by atoms with Crippen LogP contribution in [-0.4, -0.2) is 21.2 Å². The maximum atomic E-state index is 14.0. The van der Waals surface area contributed by atoms with Crippen molar-refractivity contribution in [2.45, 2.75) is 6.61 Å². The predicted molar refractivity (Wildman–Crippen MR) is 118 cm³/mol. The molecule has 0 fully saturated rings.